The smallest absolute Gasteiger partial charge is 0.186 e. The van der Waals surface area contributed by atoms with Crippen molar-refractivity contribution in [3.05, 3.63) is 92.6 Å². The van der Waals surface area contributed by atoms with Crippen molar-refractivity contribution in [3.63, 3.8) is 0 Å². The van der Waals surface area contributed by atoms with Gasteiger partial charge >= 0.3 is 0 Å². The number of hydrogen-bond acceptors (Lipinski definition) is 6. The Labute approximate surface area is 270 Å². The number of carbonyl (C=O) groups is 3. The lowest BCUT2D eigenvalue weighted by molar-refractivity contribution is -0.132. The zero-order chi connectivity index (χ0) is 33.2. The molecule has 0 amide bonds. The molecule has 0 aromatic heterocycles. The highest BCUT2D eigenvalue weighted by Crippen LogP contribution is 2.64. The van der Waals surface area contributed by atoms with Gasteiger partial charge in [0.15, 0.2) is 11.6 Å². The van der Waals surface area contributed by atoms with Crippen molar-refractivity contribution in [2.24, 2.45) is 11.3 Å². The molecule has 5 aliphatic carbocycles. The Bertz CT molecular complexity index is 1850. The maximum Gasteiger partial charge on any atom is 0.186 e. The molecule has 3 N–H and O–H groups in total. The molecule has 7 rings (SSSR count). The van der Waals surface area contributed by atoms with Gasteiger partial charge in [-0.3, -0.25) is 14.4 Å². The number of phenolic OH excluding ortho intramolecular Hbond substituents is 2. The summed E-state index contributed by atoms with van der Waals surface area (Å²) in [4.78, 5) is 42.0. The van der Waals surface area contributed by atoms with E-state index in [-0.39, 0.29) is 59.4 Å². The average molecular weight is 621 g/mol. The number of fused-ring (bicyclic) bond motifs is 7. The van der Waals surface area contributed by atoms with Crippen LogP contribution in [0.25, 0.3) is 0 Å². The van der Waals surface area contributed by atoms with E-state index in [2.05, 4.69) is 6.58 Å². The molecule has 6 nitrogen and oxygen atoms in total. The largest absolute Gasteiger partial charge is 0.508 e. The maximum absolute atomic E-state index is 14.6. The second-order valence-electron chi connectivity index (χ2n) is 15.7. The van der Waals surface area contributed by atoms with Crippen LogP contribution in [0.4, 0.5) is 0 Å². The summed E-state index contributed by atoms with van der Waals surface area (Å²) < 4.78 is 0. The third-order valence-electron chi connectivity index (χ3n) is 12.5. The fraction of sp³-hybridized carbons (Fsp3) is 0.475. The van der Waals surface area contributed by atoms with E-state index in [0.717, 1.165) is 27.9 Å². The second kappa shape index (κ2) is 9.87. The van der Waals surface area contributed by atoms with E-state index >= 15 is 0 Å². The van der Waals surface area contributed by atoms with E-state index in [1.807, 2.05) is 47.6 Å². The molecule has 2 aromatic rings. The first-order chi connectivity index (χ1) is 21.5. The van der Waals surface area contributed by atoms with E-state index in [1.54, 1.807) is 24.3 Å². The Morgan fingerprint density at radius 2 is 1.48 bits per heavy atom. The van der Waals surface area contributed by atoms with Crippen LogP contribution in [-0.4, -0.2) is 38.8 Å². The van der Waals surface area contributed by atoms with Crippen LogP contribution in [0.5, 0.6) is 11.5 Å². The number of ketones is 3. The molecule has 1 fully saturated rings. The highest BCUT2D eigenvalue weighted by molar-refractivity contribution is 6.09. The summed E-state index contributed by atoms with van der Waals surface area (Å²) in [6, 6.07) is 7.01. The molecule has 2 aromatic carbocycles. The average Bonchev–Trinajstić information content (AvgIpc) is 2.98. The molecule has 6 heteroatoms. The highest BCUT2D eigenvalue weighted by atomic mass is 16.3. The van der Waals surface area contributed by atoms with Crippen LogP contribution >= 0.6 is 0 Å². The van der Waals surface area contributed by atoms with Crippen molar-refractivity contribution in [3.8, 4) is 11.5 Å². The van der Waals surface area contributed by atoms with Gasteiger partial charge < -0.3 is 15.3 Å². The third kappa shape index (κ3) is 3.95. The summed E-state index contributed by atoms with van der Waals surface area (Å²) in [6.45, 7) is 16.5. The number of allylic oxidation sites excluding steroid dienone is 4. The molecule has 0 unspecified atom stereocenters. The van der Waals surface area contributed by atoms with Crippen LogP contribution in [0.2, 0.25) is 0 Å². The highest BCUT2D eigenvalue weighted by Gasteiger charge is 2.60. The Morgan fingerprint density at radius 1 is 0.870 bits per heavy atom. The number of aliphatic hydroxyl groups excluding tert-OH is 1. The van der Waals surface area contributed by atoms with Gasteiger partial charge in [0.05, 0.1) is 11.5 Å². The number of benzene rings is 2. The lowest BCUT2D eigenvalue weighted by atomic mass is 9.46. The second-order valence-corrected chi connectivity index (χ2v) is 15.7. The predicted octanol–water partition coefficient (Wildman–Crippen LogP) is 7.65. The molecule has 1 spiro atoms. The van der Waals surface area contributed by atoms with Gasteiger partial charge in [-0.15, -0.1) is 0 Å². The summed E-state index contributed by atoms with van der Waals surface area (Å²) in [5.74, 6) is 0.000713. The SMILES string of the molecule is C=C1[C@@H]2CC(=O)c3cc(C(C)C)c(O)cc3[C@@]2(C)CC(=O)[C@]12CCC1=C(C2)C2=CC(=O)c3cc(C(C)C)c(O)cc3[C@@]2(C)C[C@@H]1O. The van der Waals surface area contributed by atoms with Crippen LogP contribution in [0, 0.1) is 11.3 Å². The quantitative estimate of drug-likeness (QED) is 0.298. The van der Waals surface area contributed by atoms with E-state index in [9.17, 15) is 29.7 Å². The van der Waals surface area contributed by atoms with E-state index in [0.29, 0.717) is 53.5 Å². The fourth-order valence-electron chi connectivity index (χ4n) is 9.76. The topological polar surface area (TPSA) is 112 Å². The zero-order valence-electron chi connectivity index (χ0n) is 27.7. The lowest BCUT2D eigenvalue weighted by Crippen LogP contribution is -2.55. The molecule has 0 aliphatic heterocycles. The zero-order valence-corrected chi connectivity index (χ0v) is 27.7. The van der Waals surface area contributed by atoms with Crippen molar-refractivity contribution in [1.29, 1.82) is 0 Å². The summed E-state index contributed by atoms with van der Waals surface area (Å²) in [5, 5.41) is 33.5. The van der Waals surface area contributed by atoms with Crippen molar-refractivity contribution in [2.45, 2.75) is 109 Å². The van der Waals surface area contributed by atoms with Gasteiger partial charge in [0.2, 0.25) is 0 Å². The van der Waals surface area contributed by atoms with Crippen LogP contribution in [0.1, 0.15) is 135 Å². The van der Waals surface area contributed by atoms with Crippen LogP contribution in [0.15, 0.2) is 59.2 Å². The fourth-order valence-corrected chi connectivity index (χ4v) is 9.76. The minimum atomic E-state index is -0.924. The predicted molar refractivity (Wildman–Crippen MR) is 177 cm³/mol. The van der Waals surface area contributed by atoms with Gasteiger partial charge in [0.25, 0.3) is 0 Å². The van der Waals surface area contributed by atoms with Gasteiger partial charge in [-0.1, -0.05) is 53.7 Å². The van der Waals surface area contributed by atoms with Gasteiger partial charge in [-0.05, 0) is 113 Å². The number of phenols is 2. The minimum Gasteiger partial charge on any atom is -0.508 e. The molecular formula is C40H44O6. The summed E-state index contributed by atoms with van der Waals surface area (Å²) in [5.41, 5.74) is 4.93. The van der Waals surface area contributed by atoms with Crippen molar-refractivity contribution in [1.82, 2.24) is 0 Å². The Morgan fingerprint density at radius 3 is 2.11 bits per heavy atom. The van der Waals surface area contributed by atoms with Crippen LogP contribution in [-0.2, 0) is 15.6 Å². The molecule has 0 radical (unpaired) electrons. The molecule has 0 heterocycles. The molecule has 5 atom stereocenters. The third-order valence-corrected chi connectivity index (χ3v) is 12.5. The Balaban J connectivity index is 1.31. The first-order valence-electron chi connectivity index (χ1n) is 16.7. The van der Waals surface area contributed by atoms with Crippen molar-refractivity contribution in [2.75, 3.05) is 0 Å². The standard InChI is InChI=1S/C40H44O6/c1-19(2)23-10-25-29(13-32(23)41)38(6)17-36(45)22-8-9-40(16-27(22)31(38)15-35(25)44)21(5)28-12-34(43)26-11-24(20(3)4)33(42)14-30(26)39(28,7)18-37(40)46/h10-11,13-15,19-20,28,36,41-42,45H,5,8-9,12,16-18H2,1-4,6-7H3/t28-,36-,38+,39-,40-/m0/s1. The van der Waals surface area contributed by atoms with Crippen LogP contribution in [0.3, 0.4) is 0 Å². The molecular weight excluding hydrogens is 576 g/mol. The van der Waals surface area contributed by atoms with Gasteiger partial charge in [0, 0.05) is 34.8 Å². The van der Waals surface area contributed by atoms with E-state index in [1.165, 1.54) is 0 Å². The monoisotopic (exact) mass is 620 g/mol. The lowest BCUT2D eigenvalue weighted by Gasteiger charge is -2.56. The molecule has 0 bridgehead atoms. The molecule has 46 heavy (non-hydrogen) atoms. The number of aromatic hydroxyl groups is 2. The molecule has 0 saturated heterocycles. The Kier molecular flexibility index (Phi) is 6.62. The minimum absolute atomic E-state index is 0.000770. The molecule has 1 saturated carbocycles. The first kappa shape index (κ1) is 30.9. The van der Waals surface area contributed by atoms with Crippen molar-refractivity contribution >= 4 is 17.3 Å². The number of carbonyl (C=O) groups excluding carboxylic acids is 3. The van der Waals surface area contributed by atoms with Gasteiger partial charge in [-0.25, -0.2) is 0 Å². The first-order valence-corrected chi connectivity index (χ1v) is 16.7. The van der Waals surface area contributed by atoms with E-state index in [4.69, 9.17) is 0 Å². The summed E-state index contributed by atoms with van der Waals surface area (Å²) >= 11 is 0. The normalized spacial score (nSPS) is 31.9. The summed E-state index contributed by atoms with van der Waals surface area (Å²) in [6.07, 6.45) is 3.11. The van der Waals surface area contributed by atoms with E-state index < -0.39 is 22.3 Å². The Hall–Kier alpha value is -3.77. The van der Waals surface area contributed by atoms with Gasteiger partial charge in [0.1, 0.15) is 17.3 Å². The molecule has 240 valence electrons. The summed E-state index contributed by atoms with van der Waals surface area (Å²) in [7, 11) is 0. The van der Waals surface area contributed by atoms with Crippen molar-refractivity contribution < 1.29 is 29.7 Å². The number of rotatable bonds is 2. The number of aliphatic hydroxyl groups is 1. The number of hydrogen-bond donors (Lipinski definition) is 3. The molecule has 5 aliphatic rings. The van der Waals surface area contributed by atoms with Gasteiger partial charge in [-0.2, -0.15) is 0 Å². The van der Waals surface area contributed by atoms with Crippen LogP contribution < -0.4 is 0 Å². The maximum atomic E-state index is 14.6. The number of Topliss-reactive ketones (excluding diaryl/α,β-unsaturated/α-hetero) is 2.